The fraction of sp³-hybridized carbons (Fsp3) is 0.429. The van der Waals surface area contributed by atoms with Gasteiger partial charge in [0.15, 0.2) is 0 Å². The fourth-order valence-electron chi connectivity index (χ4n) is 1.32. The van der Waals surface area contributed by atoms with E-state index in [1.807, 2.05) is 20.8 Å². The number of benzene rings is 1. The smallest absolute Gasteiger partial charge is 0.240 e. The highest BCUT2D eigenvalue weighted by atomic mass is 32.2. The van der Waals surface area contributed by atoms with E-state index in [1.165, 1.54) is 0 Å². The lowest BCUT2D eigenvalue weighted by Gasteiger charge is -2.17. The third kappa shape index (κ3) is 4.67. The number of nitrogens with one attached hydrogen (secondary N) is 1. The molecular formula is C14H20N2O2S. The van der Waals surface area contributed by atoms with Crippen molar-refractivity contribution in [1.29, 1.82) is 0 Å². The predicted octanol–water partition coefficient (Wildman–Crippen LogP) is 1.32. The fourth-order valence-corrected chi connectivity index (χ4v) is 2.71. The molecule has 0 saturated carbocycles. The first-order valence-corrected chi connectivity index (χ1v) is 7.66. The second kappa shape index (κ2) is 6.71. The monoisotopic (exact) mass is 280 g/mol. The molecule has 1 unspecified atom stereocenters. The van der Waals surface area contributed by atoms with Crippen LogP contribution in [-0.2, 0) is 10.0 Å². The number of hydrogen-bond acceptors (Lipinski definition) is 3. The Morgan fingerprint density at radius 3 is 2.26 bits per heavy atom. The number of nitrogens with two attached hydrogens (primary N) is 1. The van der Waals surface area contributed by atoms with E-state index < -0.39 is 10.0 Å². The average Bonchev–Trinajstić information content (AvgIpc) is 2.36. The molecule has 5 heteroatoms. The van der Waals surface area contributed by atoms with Gasteiger partial charge in [-0.2, -0.15) is 0 Å². The van der Waals surface area contributed by atoms with Crippen LogP contribution < -0.4 is 10.5 Å². The zero-order valence-electron chi connectivity index (χ0n) is 11.5. The van der Waals surface area contributed by atoms with Crippen molar-refractivity contribution in [3.63, 3.8) is 0 Å². The van der Waals surface area contributed by atoms with Gasteiger partial charge in [0.2, 0.25) is 10.0 Å². The van der Waals surface area contributed by atoms with Crippen molar-refractivity contribution in [3.05, 3.63) is 29.8 Å². The van der Waals surface area contributed by atoms with Crippen LogP contribution in [0.1, 0.15) is 26.3 Å². The molecule has 0 aromatic heterocycles. The molecule has 1 aromatic rings. The van der Waals surface area contributed by atoms with Crippen LogP contribution in [0.4, 0.5) is 0 Å². The Bertz CT molecular complexity index is 566. The Morgan fingerprint density at radius 2 is 1.79 bits per heavy atom. The van der Waals surface area contributed by atoms with Crippen LogP contribution in [0.25, 0.3) is 0 Å². The summed E-state index contributed by atoms with van der Waals surface area (Å²) in [6.07, 6.45) is 0. The molecule has 0 aliphatic heterocycles. The molecule has 0 aliphatic carbocycles. The van der Waals surface area contributed by atoms with Crippen molar-refractivity contribution in [2.45, 2.75) is 31.7 Å². The maximum atomic E-state index is 12.1. The van der Waals surface area contributed by atoms with Crippen molar-refractivity contribution < 1.29 is 8.42 Å². The minimum Gasteiger partial charge on any atom is -0.320 e. The zero-order chi connectivity index (χ0) is 14.5. The molecule has 19 heavy (non-hydrogen) atoms. The molecule has 0 heterocycles. The van der Waals surface area contributed by atoms with Gasteiger partial charge in [-0.3, -0.25) is 0 Å². The Morgan fingerprint density at radius 1 is 1.21 bits per heavy atom. The van der Waals surface area contributed by atoms with E-state index in [0.29, 0.717) is 0 Å². The van der Waals surface area contributed by atoms with Crippen LogP contribution in [0.15, 0.2) is 29.2 Å². The van der Waals surface area contributed by atoms with Crippen LogP contribution in [-0.4, -0.2) is 21.0 Å². The van der Waals surface area contributed by atoms with Gasteiger partial charge in [0.05, 0.1) is 11.4 Å². The topological polar surface area (TPSA) is 72.2 Å². The second-order valence-electron chi connectivity index (χ2n) is 4.68. The highest BCUT2D eigenvalue weighted by Gasteiger charge is 2.18. The van der Waals surface area contributed by atoms with E-state index in [1.54, 1.807) is 24.3 Å². The van der Waals surface area contributed by atoms with Crippen molar-refractivity contribution in [2.75, 3.05) is 6.54 Å². The minimum absolute atomic E-state index is 0.110. The van der Waals surface area contributed by atoms with E-state index in [-0.39, 0.29) is 23.4 Å². The van der Waals surface area contributed by atoms with E-state index in [0.717, 1.165) is 5.56 Å². The Hall–Kier alpha value is -1.35. The molecule has 0 radical (unpaired) electrons. The lowest BCUT2D eigenvalue weighted by Crippen LogP contribution is -2.36. The van der Waals surface area contributed by atoms with E-state index in [9.17, 15) is 8.42 Å². The quantitative estimate of drug-likeness (QED) is 0.817. The highest BCUT2D eigenvalue weighted by molar-refractivity contribution is 7.89. The maximum Gasteiger partial charge on any atom is 0.240 e. The van der Waals surface area contributed by atoms with Crippen LogP contribution in [0.3, 0.4) is 0 Å². The summed E-state index contributed by atoms with van der Waals surface area (Å²) in [4.78, 5) is 0.248. The molecule has 1 aromatic carbocycles. The summed E-state index contributed by atoms with van der Waals surface area (Å²) in [5.41, 5.74) is 6.03. The first kappa shape index (κ1) is 15.7. The van der Waals surface area contributed by atoms with Gasteiger partial charge >= 0.3 is 0 Å². The molecule has 0 fully saturated rings. The molecule has 0 bridgehead atoms. The maximum absolute atomic E-state index is 12.1. The normalized spacial score (nSPS) is 12.9. The van der Waals surface area contributed by atoms with Crippen LogP contribution in [0.2, 0.25) is 0 Å². The molecule has 4 nitrogen and oxygen atoms in total. The average molecular weight is 280 g/mol. The molecule has 1 atom stereocenters. The first-order valence-electron chi connectivity index (χ1n) is 6.18. The summed E-state index contributed by atoms with van der Waals surface area (Å²) in [6, 6.07) is 6.35. The Kier molecular flexibility index (Phi) is 5.55. The SMILES string of the molecule is CC(C)C(C)NS(=O)(=O)c1ccc(C#CCN)cc1. The van der Waals surface area contributed by atoms with Crippen molar-refractivity contribution in [2.24, 2.45) is 11.7 Å². The van der Waals surface area contributed by atoms with E-state index >= 15 is 0 Å². The Balaban J connectivity index is 2.91. The third-order valence-electron chi connectivity index (χ3n) is 2.84. The molecule has 0 amide bonds. The molecule has 3 N–H and O–H groups in total. The van der Waals surface area contributed by atoms with Gasteiger partial charge in [-0.1, -0.05) is 25.7 Å². The second-order valence-corrected chi connectivity index (χ2v) is 6.40. The van der Waals surface area contributed by atoms with Crippen LogP contribution in [0, 0.1) is 17.8 Å². The largest absolute Gasteiger partial charge is 0.320 e. The highest BCUT2D eigenvalue weighted by Crippen LogP contribution is 2.12. The number of sulfonamides is 1. The summed E-state index contributed by atoms with van der Waals surface area (Å²) in [5.74, 6) is 5.81. The van der Waals surface area contributed by atoms with Crippen molar-refractivity contribution in [1.82, 2.24) is 4.72 Å². The Labute approximate surface area is 115 Å². The number of hydrogen-bond donors (Lipinski definition) is 2. The van der Waals surface area contributed by atoms with E-state index in [2.05, 4.69) is 16.6 Å². The number of rotatable bonds is 4. The molecule has 0 saturated heterocycles. The summed E-state index contributed by atoms with van der Waals surface area (Å²) in [6.45, 7) is 6.08. The lowest BCUT2D eigenvalue weighted by atomic mass is 10.1. The molecule has 0 spiro atoms. The zero-order valence-corrected chi connectivity index (χ0v) is 12.3. The minimum atomic E-state index is -3.46. The van der Waals surface area contributed by atoms with Gasteiger partial charge in [-0.25, -0.2) is 13.1 Å². The summed E-state index contributed by atoms with van der Waals surface area (Å²) < 4.78 is 26.9. The summed E-state index contributed by atoms with van der Waals surface area (Å²) in [7, 11) is -3.46. The first-order chi connectivity index (χ1) is 8.86. The molecular weight excluding hydrogens is 260 g/mol. The van der Waals surface area contributed by atoms with Gasteiger partial charge in [0, 0.05) is 11.6 Å². The molecule has 0 aliphatic rings. The summed E-state index contributed by atoms with van der Waals surface area (Å²) >= 11 is 0. The van der Waals surface area contributed by atoms with Gasteiger partial charge in [-0.05, 0) is 37.1 Å². The lowest BCUT2D eigenvalue weighted by molar-refractivity contribution is 0.476. The predicted molar refractivity (Wildman–Crippen MR) is 77.0 cm³/mol. The van der Waals surface area contributed by atoms with Gasteiger partial charge in [0.1, 0.15) is 0 Å². The summed E-state index contributed by atoms with van der Waals surface area (Å²) in [5, 5.41) is 0. The van der Waals surface area contributed by atoms with E-state index in [4.69, 9.17) is 5.73 Å². The van der Waals surface area contributed by atoms with Crippen molar-refractivity contribution >= 4 is 10.0 Å². The molecule has 104 valence electrons. The standard InChI is InChI=1S/C14H20N2O2S/c1-11(2)12(3)16-19(17,18)14-8-6-13(7-9-14)5-4-10-15/h6-9,11-12,16H,10,15H2,1-3H3. The van der Waals surface area contributed by atoms with Gasteiger partial charge < -0.3 is 5.73 Å². The van der Waals surface area contributed by atoms with Gasteiger partial charge in [0.25, 0.3) is 0 Å². The van der Waals surface area contributed by atoms with Gasteiger partial charge in [-0.15, -0.1) is 0 Å². The van der Waals surface area contributed by atoms with Crippen molar-refractivity contribution in [3.8, 4) is 11.8 Å². The van der Waals surface area contributed by atoms with Crippen LogP contribution >= 0.6 is 0 Å². The van der Waals surface area contributed by atoms with Crippen LogP contribution in [0.5, 0.6) is 0 Å². The molecule has 1 rings (SSSR count). The third-order valence-corrected chi connectivity index (χ3v) is 4.42.